The maximum absolute atomic E-state index is 12.1. The molecule has 0 bridgehead atoms. The smallest absolute Gasteiger partial charge is 0.355 e. The van der Waals surface area contributed by atoms with Gasteiger partial charge in [-0.05, 0) is 26.7 Å². The molecule has 2 rings (SSSR count). The number of hydrogen-bond donors (Lipinski definition) is 3. The van der Waals surface area contributed by atoms with Gasteiger partial charge in [-0.15, -0.1) is 0 Å². The average molecular weight is 331 g/mol. The van der Waals surface area contributed by atoms with Crippen molar-refractivity contribution in [1.82, 2.24) is 5.32 Å². The normalized spacial score (nSPS) is 27.4. The molecule has 3 N–H and O–H groups in total. The highest BCUT2D eigenvalue weighted by atomic mass is 32.2. The number of esters is 1. The summed E-state index contributed by atoms with van der Waals surface area (Å²) >= 11 is 1.24. The van der Waals surface area contributed by atoms with Crippen LogP contribution in [0.4, 0.5) is 0 Å². The summed E-state index contributed by atoms with van der Waals surface area (Å²) in [5.41, 5.74) is 0.260. The summed E-state index contributed by atoms with van der Waals surface area (Å²) in [7, 11) is 0. The Balaban J connectivity index is 2.22. The molecule has 0 spiro atoms. The third-order valence-electron chi connectivity index (χ3n) is 3.62. The van der Waals surface area contributed by atoms with Crippen LogP contribution in [0.15, 0.2) is 10.6 Å². The molecule has 2 aliphatic rings. The molecule has 22 heavy (non-hydrogen) atoms. The molecule has 0 aromatic carbocycles. The van der Waals surface area contributed by atoms with Crippen molar-refractivity contribution >= 4 is 23.7 Å². The van der Waals surface area contributed by atoms with Crippen LogP contribution in [0.3, 0.4) is 0 Å². The van der Waals surface area contributed by atoms with Gasteiger partial charge in [-0.25, -0.2) is 4.79 Å². The Morgan fingerprint density at radius 2 is 2.27 bits per heavy atom. The first-order chi connectivity index (χ1) is 10.5. The topological polar surface area (TPSA) is 105 Å². The molecule has 0 aliphatic carbocycles. The first kappa shape index (κ1) is 17.1. The number of carbonyl (C=O) groups excluding carboxylic acids is 1. The molecule has 1 unspecified atom stereocenters. The minimum Gasteiger partial charge on any atom is -0.481 e. The average Bonchev–Trinajstić information content (AvgIpc) is 3.06. The highest BCUT2D eigenvalue weighted by Gasteiger charge is 2.42. The number of aliphatic carboxylic acids is 1. The zero-order chi connectivity index (χ0) is 16.3. The predicted molar refractivity (Wildman–Crippen MR) is 80.0 cm³/mol. The van der Waals surface area contributed by atoms with E-state index in [-0.39, 0.29) is 18.4 Å². The van der Waals surface area contributed by atoms with Crippen molar-refractivity contribution in [2.24, 2.45) is 5.92 Å². The SMILES string of the molecule is CCOC(=O)C1=C([C@H]2CCCO2)SC([C@H](C(=O)O)[C@@H](C)O)N1. The Labute approximate surface area is 133 Å². The number of ether oxygens (including phenoxy) is 2. The third kappa shape index (κ3) is 3.56. The summed E-state index contributed by atoms with van der Waals surface area (Å²) < 4.78 is 10.6. The van der Waals surface area contributed by atoms with Crippen molar-refractivity contribution in [3.63, 3.8) is 0 Å². The van der Waals surface area contributed by atoms with Crippen molar-refractivity contribution in [3.05, 3.63) is 10.6 Å². The summed E-state index contributed by atoms with van der Waals surface area (Å²) in [5.74, 6) is -2.66. The molecule has 2 aliphatic heterocycles. The second-order valence-electron chi connectivity index (χ2n) is 5.25. The van der Waals surface area contributed by atoms with Crippen LogP contribution in [0.5, 0.6) is 0 Å². The lowest BCUT2D eigenvalue weighted by Crippen LogP contribution is -2.41. The molecule has 124 valence electrons. The number of carboxylic acids is 1. The molecular weight excluding hydrogens is 310 g/mol. The molecule has 0 radical (unpaired) electrons. The Hall–Kier alpha value is -1.25. The summed E-state index contributed by atoms with van der Waals surface area (Å²) in [6, 6.07) is 0. The Morgan fingerprint density at radius 3 is 2.77 bits per heavy atom. The quantitative estimate of drug-likeness (QED) is 0.611. The van der Waals surface area contributed by atoms with Crippen LogP contribution in [0.2, 0.25) is 0 Å². The fourth-order valence-electron chi connectivity index (χ4n) is 2.57. The Kier molecular flexibility index (Phi) is 5.71. The standard InChI is InChI=1S/C14H21NO6S/c1-3-20-14(19)10-11(8-5-4-6-21-8)22-12(15-10)9(7(2)16)13(17)18/h7-9,12,15-16H,3-6H2,1-2H3,(H,17,18)/t7-,8-,9-,12?/m1/s1. The summed E-state index contributed by atoms with van der Waals surface area (Å²) in [6.07, 6.45) is 0.417. The van der Waals surface area contributed by atoms with Crippen LogP contribution in [0.1, 0.15) is 26.7 Å². The lowest BCUT2D eigenvalue weighted by molar-refractivity contribution is -0.146. The maximum Gasteiger partial charge on any atom is 0.355 e. The fraction of sp³-hybridized carbons (Fsp3) is 0.714. The first-order valence-electron chi connectivity index (χ1n) is 7.32. The van der Waals surface area contributed by atoms with E-state index in [1.54, 1.807) is 6.92 Å². The van der Waals surface area contributed by atoms with Crippen molar-refractivity contribution in [2.45, 2.75) is 44.3 Å². The van der Waals surface area contributed by atoms with E-state index in [0.29, 0.717) is 11.5 Å². The van der Waals surface area contributed by atoms with E-state index in [9.17, 15) is 19.8 Å². The summed E-state index contributed by atoms with van der Waals surface area (Å²) in [6.45, 7) is 3.99. The molecule has 0 aromatic rings. The van der Waals surface area contributed by atoms with Crippen molar-refractivity contribution in [2.75, 3.05) is 13.2 Å². The molecule has 1 saturated heterocycles. The largest absolute Gasteiger partial charge is 0.481 e. The summed E-state index contributed by atoms with van der Waals surface area (Å²) in [5, 5.41) is 21.3. The number of aliphatic hydroxyl groups excluding tert-OH is 1. The maximum atomic E-state index is 12.1. The van der Waals surface area contributed by atoms with E-state index in [4.69, 9.17) is 9.47 Å². The third-order valence-corrected chi connectivity index (χ3v) is 5.01. The monoisotopic (exact) mass is 331 g/mol. The van der Waals surface area contributed by atoms with Gasteiger partial charge in [-0.3, -0.25) is 4.79 Å². The van der Waals surface area contributed by atoms with Crippen molar-refractivity contribution in [1.29, 1.82) is 0 Å². The number of aliphatic hydroxyl groups is 1. The fourth-order valence-corrected chi connectivity index (χ4v) is 4.11. The minimum atomic E-state index is -1.11. The number of thioether (sulfide) groups is 1. The van der Waals surface area contributed by atoms with E-state index in [2.05, 4.69) is 5.32 Å². The van der Waals surface area contributed by atoms with Gasteiger partial charge in [0.05, 0.1) is 24.2 Å². The number of hydrogen-bond acceptors (Lipinski definition) is 7. The van der Waals surface area contributed by atoms with E-state index in [1.165, 1.54) is 18.7 Å². The number of carboxylic acid groups (broad SMARTS) is 1. The van der Waals surface area contributed by atoms with Crippen LogP contribution in [-0.4, -0.2) is 52.9 Å². The van der Waals surface area contributed by atoms with Crippen LogP contribution in [0, 0.1) is 5.92 Å². The van der Waals surface area contributed by atoms with Gasteiger partial charge < -0.3 is 25.0 Å². The highest BCUT2D eigenvalue weighted by molar-refractivity contribution is 8.04. The molecule has 2 heterocycles. The second kappa shape index (κ2) is 7.34. The van der Waals surface area contributed by atoms with Crippen LogP contribution >= 0.6 is 11.8 Å². The van der Waals surface area contributed by atoms with Crippen LogP contribution in [-0.2, 0) is 19.1 Å². The van der Waals surface area contributed by atoms with E-state index < -0.39 is 29.3 Å². The molecule has 0 saturated carbocycles. The minimum absolute atomic E-state index is 0.217. The lowest BCUT2D eigenvalue weighted by Gasteiger charge is -2.22. The molecule has 1 fully saturated rings. The predicted octanol–water partition coefficient (Wildman–Crippen LogP) is 0.684. The molecule has 4 atom stereocenters. The van der Waals surface area contributed by atoms with Crippen molar-refractivity contribution < 1.29 is 29.3 Å². The molecule has 0 aromatic heterocycles. The molecule has 0 amide bonds. The van der Waals surface area contributed by atoms with Crippen LogP contribution < -0.4 is 5.32 Å². The number of carbonyl (C=O) groups is 2. The van der Waals surface area contributed by atoms with Gasteiger partial charge in [-0.1, -0.05) is 11.8 Å². The van der Waals surface area contributed by atoms with Gasteiger partial charge >= 0.3 is 11.9 Å². The van der Waals surface area contributed by atoms with Gasteiger partial charge in [-0.2, -0.15) is 0 Å². The Morgan fingerprint density at radius 1 is 1.55 bits per heavy atom. The van der Waals surface area contributed by atoms with E-state index in [0.717, 1.165) is 12.8 Å². The van der Waals surface area contributed by atoms with Gasteiger partial charge in [0.1, 0.15) is 11.6 Å². The van der Waals surface area contributed by atoms with Gasteiger partial charge in [0.15, 0.2) is 0 Å². The molecule has 8 heteroatoms. The van der Waals surface area contributed by atoms with Gasteiger partial charge in [0, 0.05) is 11.5 Å². The lowest BCUT2D eigenvalue weighted by atomic mass is 10.0. The summed E-state index contributed by atoms with van der Waals surface area (Å²) in [4.78, 5) is 24.2. The van der Waals surface area contributed by atoms with Crippen molar-refractivity contribution in [3.8, 4) is 0 Å². The zero-order valence-corrected chi connectivity index (χ0v) is 13.4. The second-order valence-corrected chi connectivity index (χ2v) is 6.43. The molecule has 7 nitrogen and oxygen atoms in total. The molecular formula is C14H21NO6S. The first-order valence-corrected chi connectivity index (χ1v) is 8.20. The number of nitrogens with one attached hydrogen (secondary N) is 1. The van der Waals surface area contributed by atoms with E-state index in [1.807, 2.05) is 0 Å². The van der Waals surface area contributed by atoms with E-state index >= 15 is 0 Å². The van der Waals surface area contributed by atoms with Crippen LogP contribution in [0.25, 0.3) is 0 Å². The van der Waals surface area contributed by atoms with Gasteiger partial charge in [0.25, 0.3) is 0 Å². The van der Waals surface area contributed by atoms with Gasteiger partial charge in [0.2, 0.25) is 0 Å². The zero-order valence-electron chi connectivity index (χ0n) is 12.6. The highest BCUT2D eigenvalue weighted by Crippen LogP contribution is 2.41. The number of rotatable bonds is 6. The Bertz CT molecular complexity index is 472.